The van der Waals surface area contributed by atoms with Crippen molar-refractivity contribution in [2.45, 2.75) is 0 Å². The number of phenolic OH excluding ortho intramolecular Hbond substituents is 1. The molecule has 2 aromatic rings. The van der Waals surface area contributed by atoms with Gasteiger partial charge >= 0.3 is 21.2 Å². The number of hydrogen-bond acceptors (Lipinski definition) is 3. The maximum atomic E-state index is 11.1. The molecule has 1 amide bonds. The lowest BCUT2D eigenvalue weighted by molar-refractivity contribution is -0.598. The van der Waals surface area contributed by atoms with Crippen LogP contribution in [0.3, 0.4) is 0 Å². The molecule has 0 fully saturated rings. The van der Waals surface area contributed by atoms with Crippen molar-refractivity contribution < 1.29 is 31.1 Å². The molecule has 0 aromatic heterocycles. The predicted molar refractivity (Wildman–Crippen MR) is 74.7 cm³/mol. The summed E-state index contributed by atoms with van der Waals surface area (Å²) in [6.45, 7) is 0. The number of carbonyl (C=O) groups excluding carboxylic acids is 1. The number of nitrogens with two attached hydrogens (primary N) is 1. The Bertz CT molecular complexity index is 734. The fourth-order valence-corrected chi connectivity index (χ4v) is 4.03. The molecular formula is C16H12IN2O2+. The Morgan fingerprint density at radius 1 is 1.24 bits per heavy atom. The average molecular weight is 391 g/mol. The number of rotatable bonds is 4. The number of nitrogens with zero attached hydrogens (tertiary/aromatic N) is 1. The molecule has 0 saturated carbocycles. The smallest absolute Gasteiger partial charge is 0.362 e. The Hall–Kier alpha value is -2.33. The van der Waals surface area contributed by atoms with Crippen molar-refractivity contribution >= 4 is 12.0 Å². The van der Waals surface area contributed by atoms with Gasteiger partial charge in [0.05, 0.1) is 0 Å². The quantitative estimate of drug-likeness (QED) is 0.395. The molecule has 0 heterocycles. The molecular weight excluding hydrogens is 379 g/mol. The van der Waals surface area contributed by atoms with Crippen LogP contribution >= 0.6 is 0 Å². The summed E-state index contributed by atoms with van der Waals surface area (Å²) in [6.07, 6.45) is 1.43. The number of phenols is 1. The molecule has 21 heavy (non-hydrogen) atoms. The summed E-state index contributed by atoms with van der Waals surface area (Å²) in [5.74, 6) is -0.536. The summed E-state index contributed by atoms with van der Waals surface area (Å²) in [5.41, 5.74) is 5.68. The second-order valence-corrected chi connectivity index (χ2v) is 7.08. The first-order valence-electron chi connectivity index (χ1n) is 6.04. The van der Waals surface area contributed by atoms with Gasteiger partial charge in [-0.1, -0.05) is 24.3 Å². The SMILES string of the molecule is N#C/C(=C\c1ccc(O)c([I+]c2ccccc2)c1)C(N)=O. The van der Waals surface area contributed by atoms with Gasteiger partial charge in [0.1, 0.15) is 11.6 Å². The Morgan fingerprint density at radius 3 is 2.57 bits per heavy atom. The highest BCUT2D eigenvalue weighted by molar-refractivity contribution is 6.00. The lowest BCUT2D eigenvalue weighted by atomic mass is 10.1. The number of benzene rings is 2. The molecule has 2 aromatic carbocycles. The van der Waals surface area contributed by atoms with Crippen LogP contribution in [0.4, 0.5) is 0 Å². The van der Waals surface area contributed by atoms with Gasteiger partial charge in [-0.25, -0.2) is 0 Å². The van der Waals surface area contributed by atoms with E-state index in [2.05, 4.69) is 0 Å². The van der Waals surface area contributed by atoms with Gasteiger partial charge in [-0.05, 0) is 29.8 Å². The van der Waals surface area contributed by atoms with E-state index in [4.69, 9.17) is 11.0 Å². The lowest BCUT2D eigenvalue weighted by Crippen LogP contribution is -3.61. The molecule has 0 spiro atoms. The van der Waals surface area contributed by atoms with Crippen LogP contribution in [0.25, 0.3) is 6.08 Å². The summed E-state index contributed by atoms with van der Waals surface area (Å²) in [6, 6.07) is 16.6. The molecule has 0 aliphatic heterocycles. The first kappa shape index (κ1) is 15.1. The number of primary amides is 1. The van der Waals surface area contributed by atoms with Crippen molar-refractivity contribution in [1.82, 2.24) is 0 Å². The van der Waals surface area contributed by atoms with Crippen molar-refractivity contribution in [3.8, 4) is 11.8 Å². The van der Waals surface area contributed by atoms with Crippen molar-refractivity contribution in [3.05, 3.63) is 66.8 Å². The zero-order chi connectivity index (χ0) is 15.2. The van der Waals surface area contributed by atoms with E-state index in [0.29, 0.717) is 5.56 Å². The number of amides is 1. The van der Waals surface area contributed by atoms with Crippen LogP contribution in [-0.2, 0) is 4.79 Å². The molecule has 0 radical (unpaired) electrons. The Balaban J connectivity index is 2.34. The third-order valence-electron chi connectivity index (χ3n) is 2.61. The highest BCUT2D eigenvalue weighted by Gasteiger charge is 2.20. The highest BCUT2D eigenvalue weighted by atomic mass is 127. The molecule has 0 saturated heterocycles. The minimum atomic E-state index is -0.759. The van der Waals surface area contributed by atoms with Gasteiger partial charge in [-0.2, -0.15) is 5.26 Å². The van der Waals surface area contributed by atoms with Crippen LogP contribution < -0.4 is 26.9 Å². The van der Waals surface area contributed by atoms with Crippen LogP contribution in [0.1, 0.15) is 5.56 Å². The fraction of sp³-hybridized carbons (Fsp3) is 0. The van der Waals surface area contributed by atoms with Gasteiger partial charge < -0.3 is 10.8 Å². The van der Waals surface area contributed by atoms with Crippen LogP contribution in [0, 0.1) is 18.5 Å². The molecule has 0 bridgehead atoms. The van der Waals surface area contributed by atoms with Gasteiger partial charge in [0.2, 0.25) is 3.57 Å². The van der Waals surface area contributed by atoms with E-state index in [0.717, 1.165) is 3.57 Å². The number of hydrogen-bond donors (Lipinski definition) is 2. The van der Waals surface area contributed by atoms with Crippen LogP contribution in [-0.4, -0.2) is 11.0 Å². The van der Waals surface area contributed by atoms with Gasteiger partial charge in [-0.15, -0.1) is 0 Å². The number of halogens is 1. The Labute approximate surface area is 132 Å². The van der Waals surface area contributed by atoms with Gasteiger partial charge in [-0.3, -0.25) is 4.79 Å². The summed E-state index contributed by atoms with van der Waals surface area (Å²) < 4.78 is 2.00. The van der Waals surface area contributed by atoms with Gasteiger partial charge in [0.25, 0.3) is 5.91 Å². The Kier molecular flexibility index (Phi) is 4.95. The van der Waals surface area contributed by atoms with E-state index in [1.807, 2.05) is 30.3 Å². The van der Waals surface area contributed by atoms with Crippen molar-refractivity contribution in [3.63, 3.8) is 0 Å². The zero-order valence-electron chi connectivity index (χ0n) is 11.0. The van der Waals surface area contributed by atoms with E-state index >= 15 is 0 Å². The molecule has 4 nitrogen and oxygen atoms in total. The largest absolute Gasteiger partial charge is 0.504 e. The molecule has 5 heteroatoms. The van der Waals surface area contributed by atoms with E-state index in [9.17, 15) is 9.90 Å². The van der Waals surface area contributed by atoms with Crippen LogP contribution in [0.15, 0.2) is 54.1 Å². The minimum absolute atomic E-state index is 0.107. The number of aromatic hydroxyl groups is 1. The monoisotopic (exact) mass is 391 g/mol. The standard InChI is InChI=1S/C16H11IN2O2/c18-10-12(16(19)21)8-11-6-7-15(20)14(9-11)17-13-4-2-1-3-5-13/h1-9H,(H2-,19,20,21)/p+1. The molecule has 0 atom stereocenters. The second kappa shape index (κ2) is 6.90. The van der Waals surface area contributed by atoms with Crippen molar-refractivity contribution in [1.29, 1.82) is 5.26 Å². The summed E-state index contributed by atoms with van der Waals surface area (Å²) >= 11 is -0.534. The molecule has 0 aliphatic rings. The summed E-state index contributed by atoms with van der Waals surface area (Å²) in [4.78, 5) is 11.1. The number of nitriles is 1. The average Bonchev–Trinajstić information content (AvgIpc) is 2.48. The first-order valence-corrected chi connectivity index (χ1v) is 8.20. The molecule has 104 valence electrons. The first-order chi connectivity index (χ1) is 10.1. The lowest BCUT2D eigenvalue weighted by Gasteiger charge is -1.97. The minimum Gasteiger partial charge on any atom is -0.504 e. The van der Waals surface area contributed by atoms with Crippen molar-refractivity contribution in [2.75, 3.05) is 0 Å². The maximum absolute atomic E-state index is 11.1. The predicted octanol–water partition coefficient (Wildman–Crippen LogP) is -1.09. The van der Waals surface area contributed by atoms with E-state index in [-0.39, 0.29) is 11.3 Å². The second-order valence-electron chi connectivity index (χ2n) is 4.13. The summed E-state index contributed by atoms with van der Waals surface area (Å²) in [5, 5.41) is 18.8. The maximum Gasteiger partial charge on any atom is 0.362 e. The third-order valence-corrected chi connectivity index (χ3v) is 5.40. The fourth-order valence-electron chi connectivity index (χ4n) is 1.61. The summed E-state index contributed by atoms with van der Waals surface area (Å²) in [7, 11) is 0. The molecule has 0 unspecified atom stereocenters. The van der Waals surface area contributed by atoms with Crippen LogP contribution in [0.2, 0.25) is 0 Å². The molecule has 3 N–H and O–H groups in total. The van der Waals surface area contributed by atoms with Crippen LogP contribution in [0.5, 0.6) is 5.75 Å². The van der Waals surface area contributed by atoms with Gasteiger partial charge in [0.15, 0.2) is 9.32 Å². The molecule has 0 aliphatic carbocycles. The normalized spacial score (nSPS) is 10.9. The van der Waals surface area contributed by atoms with E-state index in [1.54, 1.807) is 24.3 Å². The number of carbonyl (C=O) groups is 1. The zero-order valence-corrected chi connectivity index (χ0v) is 13.1. The highest BCUT2D eigenvalue weighted by Crippen LogP contribution is 2.13. The van der Waals surface area contributed by atoms with E-state index in [1.165, 1.54) is 9.65 Å². The van der Waals surface area contributed by atoms with E-state index < -0.39 is 27.1 Å². The molecule has 2 rings (SSSR count). The van der Waals surface area contributed by atoms with Crippen molar-refractivity contribution in [2.24, 2.45) is 5.73 Å². The topological polar surface area (TPSA) is 87.1 Å². The Morgan fingerprint density at radius 2 is 1.95 bits per heavy atom. The van der Waals surface area contributed by atoms with Gasteiger partial charge in [0, 0.05) is 6.07 Å². The third kappa shape index (κ3) is 4.07.